The second-order valence-corrected chi connectivity index (χ2v) is 2.69. The van der Waals surface area contributed by atoms with Crippen LogP contribution in [0.2, 0.25) is 0 Å². The van der Waals surface area contributed by atoms with Gasteiger partial charge >= 0.3 is 0 Å². The molecule has 3 heteroatoms. The lowest BCUT2D eigenvalue weighted by molar-refractivity contribution is -0.0712. The van der Waals surface area contributed by atoms with Crippen molar-refractivity contribution in [3.05, 3.63) is 48.6 Å². The quantitative estimate of drug-likeness (QED) is 0.716. The van der Waals surface area contributed by atoms with Crippen molar-refractivity contribution in [1.82, 2.24) is 0 Å². The van der Waals surface area contributed by atoms with E-state index in [1.165, 1.54) is 12.1 Å². The second-order valence-electron chi connectivity index (χ2n) is 2.69. The Balaban J connectivity index is 2.91. The molecule has 1 atom stereocenters. The van der Waals surface area contributed by atoms with Crippen LogP contribution in [-0.4, -0.2) is 11.0 Å². The van der Waals surface area contributed by atoms with Crippen LogP contribution in [0, 0.1) is 0 Å². The van der Waals surface area contributed by atoms with Crippen LogP contribution >= 0.6 is 0 Å². The molecule has 13 heavy (non-hydrogen) atoms. The molecule has 1 aromatic rings. The molecular formula is C10H10F2O. The van der Waals surface area contributed by atoms with Gasteiger partial charge in [0, 0.05) is 0 Å². The van der Waals surface area contributed by atoms with E-state index >= 15 is 0 Å². The standard InChI is InChI=1S/C10H10F2O/c1-2-10(11,12)9(13)8-6-4-3-5-7-8/h2-7,9,13H,1H2/t9-/m1/s1. The number of aliphatic hydroxyl groups excluding tert-OH is 1. The van der Waals surface area contributed by atoms with Crippen LogP contribution in [0.25, 0.3) is 0 Å². The molecule has 0 saturated heterocycles. The maximum absolute atomic E-state index is 12.9. The molecule has 0 aromatic heterocycles. The Morgan fingerprint density at radius 1 is 1.31 bits per heavy atom. The van der Waals surface area contributed by atoms with E-state index in [1.807, 2.05) is 0 Å². The monoisotopic (exact) mass is 184 g/mol. The van der Waals surface area contributed by atoms with Gasteiger partial charge in [-0.1, -0.05) is 36.9 Å². The Hall–Kier alpha value is -1.22. The summed E-state index contributed by atoms with van der Waals surface area (Å²) in [6, 6.07) is 7.78. The molecule has 1 N–H and O–H groups in total. The van der Waals surface area contributed by atoms with Crippen LogP contribution in [0.4, 0.5) is 8.78 Å². The Morgan fingerprint density at radius 3 is 2.31 bits per heavy atom. The molecule has 0 aliphatic heterocycles. The van der Waals surface area contributed by atoms with Gasteiger partial charge in [0.1, 0.15) is 6.10 Å². The predicted octanol–water partition coefficient (Wildman–Crippen LogP) is 2.54. The van der Waals surface area contributed by atoms with Crippen molar-refractivity contribution in [2.45, 2.75) is 12.0 Å². The van der Waals surface area contributed by atoms with Gasteiger partial charge in [0.05, 0.1) is 0 Å². The number of halogens is 2. The summed E-state index contributed by atoms with van der Waals surface area (Å²) in [5.74, 6) is -3.28. The van der Waals surface area contributed by atoms with Crippen molar-refractivity contribution in [2.24, 2.45) is 0 Å². The first-order valence-corrected chi connectivity index (χ1v) is 3.82. The number of aliphatic hydroxyl groups is 1. The molecule has 0 unspecified atom stereocenters. The number of hydrogen-bond acceptors (Lipinski definition) is 1. The topological polar surface area (TPSA) is 20.2 Å². The summed E-state index contributed by atoms with van der Waals surface area (Å²) >= 11 is 0. The molecule has 0 aliphatic carbocycles. The third-order valence-corrected chi connectivity index (χ3v) is 1.75. The summed E-state index contributed by atoms with van der Waals surface area (Å²) in [5.41, 5.74) is 0.187. The average Bonchev–Trinajstić information content (AvgIpc) is 2.18. The SMILES string of the molecule is C=CC(F)(F)[C@H](O)c1ccccc1. The van der Waals surface area contributed by atoms with Gasteiger partial charge < -0.3 is 5.11 Å². The van der Waals surface area contributed by atoms with Gasteiger partial charge in [-0.2, -0.15) is 8.78 Å². The van der Waals surface area contributed by atoms with Crippen LogP contribution in [0.3, 0.4) is 0 Å². The van der Waals surface area contributed by atoms with E-state index in [4.69, 9.17) is 0 Å². The third kappa shape index (κ3) is 2.12. The van der Waals surface area contributed by atoms with E-state index < -0.39 is 12.0 Å². The van der Waals surface area contributed by atoms with E-state index in [0.29, 0.717) is 6.08 Å². The Labute approximate surface area is 75.3 Å². The fourth-order valence-electron chi connectivity index (χ4n) is 0.969. The molecular weight excluding hydrogens is 174 g/mol. The number of benzene rings is 1. The highest BCUT2D eigenvalue weighted by Gasteiger charge is 2.35. The fraction of sp³-hybridized carbons (Fsp3) is 0.200. The van der Waals surface area contributed by atoms with Crippen molar-refractivity contribution >= 4 is 0 Å². The fourth-order valence-corrected chi connectivity index (χ4v) is 0.969. The minimum Gasteiger partial charge on any atom is -0.382 e. The van der Waals surface area contributed by atoms with Gasteiger partial charge in [0.15, 0.2) is 0 Å². The highest BCUT2D eigenvalue weighted by molar-refractivity contribution is 5.20. The van der Waals surface area contributed by atoms with E-state index in [1.54, 1.807) is 18.2 Å². The largest absolute Gasteiger partial charge is 0.382 e. The molecule has 0 aliphatic rings. The molecule has 70 valence electrons. The summed E-state index contributed by atoms with van der Waals surface area (Å²) in [4.78, 5) is 0. The van der Waals surface area contributed by atoms with Crippen molar-refractivity contribution in [3.8, 4) is 0 Å². The van der Waals surface area contributed by atoms with E-state index in [9.17, 15) is 13.9 Å². The molecule has 0 bridgehead atoms. The Kier molecular flexibility index (Phi) is 2.78. The van der Waals surface area contributed by atoms with Crippen molar-refractivity contribution < 1.29 is 13.9 Å². The normalized spacial score (nSPS) is 13.8. The smallest absolute Gasteiger partial charge is 0.295 e. The summed E-state index contributed by atoms with van der Waals surface area (Å²) in [6.45, 7) is 2.97. The minimum absolute atomic E-state index is 0.187. The molecule has 1 nitrogen and oxygen atoms in total. The van der Waals surface area contributed by atoms with Crippen LogP contribution in [0.1, 0.15) is 11.7 Å². The molecule has 0 spiro atoms. The average molecular weight is 184 g/mol. The molecule has 0 saturated carbocycles. The molecule has 0 amide bonds. The lowest BCUT2D eigenvalue weighted by atomic mass is 10.0. The number of hydrogen-bond donors (Lipinski definition) is 1. The van der Waals surface area contributed by atoms with Gasteiger partial charge in [-0.15, -0.1) is 0 Å². The van der Waals surface area contributed by atoms with Crippen LogP contribution in [0.5, 0.6) is 0 Å². The zero-order valence-electron chi connectivity index (χ0n) is 6.95. The van der Waals surface area contributed by atoms with Gasteiger partial charge in [-0.25, -0.2) is 0 Å². The lowest BCUT2D eigenvalue weighted by Gasteiger charge is -2.18. The van der Waals surface area contributed by atoms with Crippen LogP contribution < -0.4 is 0 Å². The highest BCUT2D eigenvalue weighted by atomic mass is 19.3. The van der Waals surface area contributed by atoms with Gasteiger partial charge in [-0.05, 0) is 11.6 Å². The summed E-state index contributed by atoms with van der Waals surface area (Å²) in [7, 11) is 0. The molecule has 1 rings (SSSR count). The Bertz CT molecular complexity index is 282. The highest BCUT2D eigenvalue weighted by Crippen LogP contribution is 2.31. The van der Waals surface area contributed by atoms with E-state index in [-0.39, 0.29) is 5.56 Å². The summed E-state index contributed by atoms with van der Waals surface area (Å²) in [6.07, 6.45) is -1.36. The van der Waals surface area contributed by atoms with Crippen molar-refractivity contribution in [3.63, 3.8) is 0 Å². The Morgan fingerprint density at radius 2 is 1.85 bits per heavy atom. The van der Waals surface area contributed by atoms with Gasteiger partial charge in [0.2, 0.25) is 0 Å². The number of alkyl halides is 2. The predicted molar refractivity (Wildman–Crippen MR) is 46.5 cm³/mol. The zero-order chi connectivity index (χ0) is 9.90. The third-order valence-electron chi connectivity index (χ3n) is 1.75. The zero-order valence-corrected chi connectivity index (χ0v) is 6.95. The van der Waals surface area contributed by atoms with Gasteiger partial charge in [0.25, 0.3) is 5.92 Å². The first-order valence-electron chi connectivity index (χ1n) is 3.82. The van der Waals surface area contributed by atoms with Gasteiger partial charge in [-0.3, -0.25) is 0 Å². The minimum atomic E-state index is -3.28. The van der Waals surface area contributed by atoms with E-state index in [0.717, 1.165) is 0 Å². The van der Waals surface area contributed by atoms with E-state index in [2.05, 4.69) is 6.58 Å². The first kappa shape index (κ1) is 9.86. The van der Waals surface area contributed by atoms with Crippen LogP contribution in [0.15, 0.2) is 43.0 Å². The van der Waals surface area contributed by atoms with Crippen molar-refractivity contribution in [2.75, 3.05) is 0 Å². The second kappa shape index (κ2) is 3.66. The molecule has 0 fully saturated rings. The van der Waals surface area contributed by atoms with Crippen molar-refractivity contribution in [1.29, 1.82) is 0 Å². The molecule has 0 heterocycles. The summed E-state index contributed by atoms with van der Waals surface area (Å²) in [5, 5.41) is 9.23. The molecule has 0 radical (unpaired) electrons. The summed E-state index contributed by atoms with van der Waals surface area (Å²) < 4.78 is 25.7. The number of rotatable bonds is 3. The van der Waals surface area contributed by atoms with Crippen LogP contribution in [-0.2, 0) is 0 Å². The first-order chi connectivity index (χ1) is 6.08. The lowest BCUT2D eigenvalue weighted by Crippen LogP contribution is -2.23. The maximum atomic E-state index is 12.9. The molecule has 1 aromatic carbocycles. The maximum Gasteiger partial charge on any atom is 0.295 e.